The summed E-state index contributed by atoms with van der Waals surface area (Å²) >= 11 is 0. The van der Waals surface area contributed by atoms with E-state index in [0.717, 1.165) is 31.0 Å². The number of hydrogen-bond donors (Lipinski definition) is 1. The fourth-order valence-electron chi connectivity index (χ4n) is 5.27. The molecule has 1 amide bonds. The first-order valence-corrected chi connectivity index (χ1v) is 14.4. The van der Waals surface area contributed by atoms with Gasteiger partial charge in [0.25, 0.3) is 11.8 Å². The first kappa shape index (κ1) is 31.3. The van der Waals surface area contributed by atoms with Gasteiger partial charge in [0.15, 0.2) is 5.75 Å². The number of hydrogen-bond acceptors (Lipinski definition) is 10. The Morgan fingerprint density at radius 2 is 1.75 bits per heavy atom. The van der Waals surface area contributed by atoms with Crippen molar-refractivity contribution in [1.82, 2.24) is 25.4 Å². The SMILES string of the molecule is CC(C)(C)OC(=O)N[C@H]1CN(c2ncc(OCC3CCN(c4noc(C(C)(F)F)n4)CC3)cn2)C[C@@H]1c1cc(F)ccc1F. The number of nitrogens with zero attached hydrogens (tertiary/aromatic N) is 6. The first-order valence-electron chi connectivity index (χ1n) is 14.4. The van der Waals surface area contributed by atoms with Crippen molar-refractivity contribution in [2.24, 2.45) is 5.92 Å². The number of carbonyl (C=O) groups excluding carboxylic acids is 1. The highest BCUT2D eigenvalue weighted by Gasteiger charge is 2.39. The lowest BCUT2D eigenvalue weighted by atomic mass is 9.94. The molecule has 15 heteroatoms. The average molecular weight is 622 g/mol. The number of rotatable bonds is 8. The fraction of sp³-hybridized carbons (Fsp3) is 0.552. The van der Waals surface area contributed by atoms with Crippen LogP contribution < -0.4 is 19.9 Å². The second-order valence-corrected chi connectivity index (χ2v) is 12.2. The van der Waals surface area contributed by atoms with Crippen LogP contribution in [-0.4, -0.2) is 70.6 Å². The topological polar surface area (TPSA) is 119 Å². The largest absolute Gasteiger partial charge is 0.490 e. The minimum atomic E-state index is -3.19. The Bertz CT molecular complexity index is 1440. The lowest BCUT2D eigenvalue weighted by molar-refractivity contribution is -0.0158. The predicted octanol–water partition coefficient (Wildman–Crippen LogP) is 5.04. The highest BCUT2D eigenvalue weighted by molar-refractivity contribution is 5.68. The minimum absolute atomic E-state index is 0.141. The Kier molecular flexibility index (Phi) is 8.84. The Hall–Kier alpha value is -4.17. The van der Waals surface area contributed by atoms with E-state index < -0.39 is 47.1 Å². The van der Waals surface area contributed by atoms with Gasteiger partial charge >= 0.3 is 12.0 Å². The quantitative estimate of drug-likeness (QED) is 0.343. The summed E-state index contributed by atoms with van der Waals surface area (Å²) in [7, 11) is 0. The van der Waals surface area contributed by atoms with Crippen LogP contribution in [0.1, 0.15) is 57.9 Å². The van der Waals surface area contributed by atoms with Crippen LogP contribution in [0, 0.1) is 17.6 Å². The van der Waals surface area contributed by atoms with Crippen molar-refractivity contribution in [3.05, 3.63) is 53.7 Å². The monoisotopic (exact) mass is 621 g/mol. The second kappa shape index (κ2) is 12.4. The maximum Gasteiger partial charge on any atom is 0.407 e. The van der Waals surface area contributed by atoms with Crippen LogP contribution in [0.2, 0.25) is 0 Å². The van der Waals surface area contributed by atoms with Crippen LogP contribution in [0.25, 0.3) is 0 Å². The molecule has 2 fully saturated rings. The van der Waals surface area contributed by atoms with Crippen LogP contribution >= 0.6 is 0 Å². The first-order chi connectivity index (χ1) is 20.7. The summed E-state index contributed by atoms with van der Waals surface area (Å²) in [6.45, 7) is 7.95. The summed E-state index contributed by atoms with van der Waals surface area (Å²) in [4.78, 5) is 28.8. The predicted molar refractivity (Wildman–Crippen MR) is 151 cm³/mol. The maximum atomic E-state index is 14.8. The van der Waals surface area contributed by atoms with Crippen LogP contribution in [0.3, 0.4) is 0 Å². The number of benzene rings is 1. The summed E-state index contributed by atoms with van der Waals surface area (Å²) in [6.07, 6.45) is 3.89. The lowest BCUT2D eigenvalue weighted by Gasteiger charge is -2.30. The van der Waals surface area contributed by atoms with Gasteiger partial charge in [0, 0.05) is 39.0 Å². The molecule has 1 aromatic carbocycles. The molecule has 0 saturated carbocycles. The summed E-state index contributed by atoms with van der Waals surface area (Å²) in [5.74, 6) is -4.47. The van der Waals surface area contributed by atoms with Crippen molar-refractivity contribution < 1.29 is 36.4 Å². The number of nitrogens with one attached hydrogen (secondary N) is 1. The number of ether oxygens (including phenoxy) is 2. The van der Waals surface area contributed by atoms with Crippen LogP contribution in [0.5, 0.6) is 5.75 Å². The smallest absolute Gasteiger partial charge is 0.407 e. The molecule has 238 valence electrons. The van der Waals surface area contributed by atoms with Gasteiger partial charge in [0.2, 0.25) is 5.95 Å². The zero-order valence-corrected chi connectivity index (χ0v) is 24.9. The molecule has 11 nitrogen and oxygen atoms in total. The zero-order valence-electron chi connectivity index (χ0n) is 24.9. The Labute approximate surface area is 251 Å². The van der Waals surface area contributed by atoms with E-state index in [2.05, 4.69) is 29.9 Å². The van der Waals surface area contributed by atoms with Gasteiger partial charge in [-0.2, -0.15) is 13.8 Å². The molecule has 3 aromatic rings. The molecule has 2 atom stereocenters. The van der Waals surface area contributed by atoms with E-state index in [0.29, 0.717) is 38.3 Å². The van der Waals surface area contributed by atoms with Crippen molar-refractivity contribution >= 4 is 18.0 Å². The minimum Gasteiger partial charge on any atom is -0.490 e. The molecule has 0 spiro atoms. The molecule has 0 aliphatic carbocycles. The number of anilines is 2. The van der Waals surface area contributed by atoms with E-state index in [1.54, 1.807) is 30.6 Å². The molecule has 0 unspecified atom stereocenters. The lowest BCUT2D eigenvalue weighted by Crippen LogP contribution is -2.43. The summed E-state index contributed by atoms with van der Waals surface area (Å²) in [5, 5.41) is 6.47. The number of aromatic nitrogens is 4. The summed E-state index contributed by atoms with van der Waals surface area (Å²) < 4.78 is 71.6. The van der Waals surface area contributed by atoms with Gasteiger partial charge in [-0.1, -0.05) is 0 Å². The molecule has 1 N–H and O–H groups in total. The number of piperidine rings is 1. The van der Waals surface area contributed by atoms with Crippen molar-refractivity contribution in [3.8, 4) is 5.75 Å². The number of amides is 1. The van der Waals surface area contributed by atoms with Crippen LogP contribution in [0.4, 0.5) is 34.3 Å². The number of carbonyl (C=O) groups is 1. The molecular formula is C29H35F4N7O4. The molecular weight excluding hydrogens is 586 g/mol. The van der Waals surface area contributed by atoms with Gasteiger partial charge in [0.1, 0.15) is 17.2 Å². The maximum absolute atomic E-state index is 14.8. The molecule has 4 heterocycles. The third-order valence-corrected chi connectivity index (χ3v) is 7.45. The van der Waals surface area contributed by atoms with E-state index in [9.17, 15) is 22.4 Å². The molecule has 44 heavy (non-hydrogen) atoms. The van der Waals surface area contributed by atoms with Gasteiger partial charge in [-0.05, 0) is 68.4 Å². The highest BCUT2D eigenvalue weighted by atomic mass is 19.3. The molecule has 2 aliphatic heterocycles. The van der Waals surface area contributed by atoms with Gasteiger partial charge < -0.3 is 29.1 Å². The summed E-state index contributed by atoms with van der Waals surface area (Å²) in [6, 6.07) is 2.66. The van der Waals surface area contributed by atoms with Gasteiger partial charge in [-0.15, -0.1) is 0 Å². The standard InChI is InChI=1S/C29H35F4N7O4/c1-28(2,3)43-27(41)36-23-15-40(14-21(23)20-11-18(30)5-6-22(20)31)25-34-12-19(13-35-25)42-16-17-7-9-39(10-8-17)26-37-24(44-38-26)29(4,32)33/h5-6,11-13,17,21,23H,7-10,14-16H2,1-4H3,(H,36,41)/t21-,23+/m1/s1. The third-order valence-electron chi connectivity index (χ3n) is 7.45. The average Bonchev–Trinajstić information content (AvgIpc) is 3.61. The second-order valence-electron chi connectivity index (χ2n) is 12.2. The van der Waals surface area contributed by atoms with E-state index in [1.807, 2.05) is 0 Å². The molecule has 5 rings (SSSR count). The van der Waals surface area contributed by atoms with E-state index in [-0.39, 0.29) is 30.5 Å². The van der Waals surface area contributed by atoms with E-state index in [4.69, 9.17) is 9.47 Å². The van der Waals surface area contributed by atoms with Crippen LogP contribution in [0.15, 0.2) is 35.1 Å². The molecule has 0 bridgehead atoms. The molecule has 2 aliphatic rings. The Balaban J connectivity index is 1.17. The Morgan fingerprint density at radius 1 is 1.05 bits per heavy atom. The molecule has 2 saturated heterocycles. The van der Waals surface area contributed by atoms with Crippen molar-refractivity contribution in [2.75, 3.05) is 42.6 Å². The molecule has 2 aromatic heterocycles. The van der Waals surface area contributed by atoms with Crippen molar-refractivity contribution in [2.45, 2.75) is 64.0 Å². The van der Waals surface area contributed by atoms with Gasteiger partial charge in [0.05, 0.1) is 25.0 Å². The van der Waals surface area contributed by atoms with Crippen molar-refractivity contribution in [1.29, 1.82) is 0 Å². The molecule has 0 radical (unpaired) electrons. The summed E-state index contributed by atoms with van der Waals surface area (Å²) in [5.41, 5.74) is -0.589. The van der Waals surface area contributed by atoms with Gasteiger partial charge in [-0.25, -0.2) is 23.5 Å². The fourth-order valence-corrected chi connectivity index (χ4v) is 5.27. The van der Waals surface area contributed by atoms with E-state index >= 15 is 0 Å². The van der Waals surface area contributed by atoms with Crippen LogP contribution in [-0.2, 0) is 10.7 Å². The Morgan fingerprint density at radius 3 is 2.39 bits per heavy atom. The third kappa shape index (κ3) is 7.66. The highest BCUT2D eigenvalue weighted by Crippen LogP contribution is 2.33. The van der Waals surface area contributed by atoms with Crippen molar-refractivity contribution in [3.63, 3.8) is 0 Å². The van der Waals surface area contributed by atoms with E-state index in [1.165, 1.54) is 12.4 Å². The number of alkyl halides is 2. The number of alkyl carbamates (subject to hydrolysis) is 1. The number of halogens is 4. The normalized spacial score (nSPS) is 19.7. The zero-order chi connectivity index (χ0) is 31.6. The van der Waals surface area contributed by atoms with Gasteiger partial charge in [-0.3, -0.25) is 0 Å².